The molecule has 0 spiro atoms. The van der Waals surface area contributed by atoms with E-state index in [1.54, 1.807) is 0 Å². The highest BCUT2D eigenvalue weighted by Gasteiger charge is 2.06. The fraction of sp³-hybridized carbons (Fsp3) is 0.294. The Labute approximate surface area is 129 Å². The molecule has 0 amide bonds. The molecule has 0 atom stereocenters. The van der Waals surface area contributed by atoms with Crippen LogP contribution in [-0.2, 0) is 19.6 Å². The maximum atomic E-state index is 5.65. The molecule has 2 aromatic carbocycles. The highest BCUT2D eigenvalue weighted by molar-refractivity contribution is 9.10. The highest BCUT2D eigenvalue weighted by atomic mass is 79.9. The van der Waals surface area contributed by atoms with Gasteiger partial charge in [0, 0.05) is 24.1 Å². The van der Waals surface area contributed by atoms with Crippen molar-refractivity contribution in [1.82, 2.24) is 4.90 Å². The molecule has 3 heteroatoms. The second kappa shape index (κ2) is 7.02. The third-order valence-corrected chi connectivity index (χ3v) is 4.10. The van der Waals surface area contributed by atoms with Gasteiger partial charge in [0.05, 0.1) is 0 Å². The van der Waals surface area contributed by atoms with Crippen LogP contribution in [-0.4, -0.2) is 11.9 Å². The van der Waals surface area contributed by atoms with Crippen LogP contribution in [0.3, 0.4) is 0 Å². The lowest BCUT2D eigenvalue weighted by atomic mass is 10.1. The third-order valence-electron chi connectivity index (χ3n) is 3.37. The van der Waals surface area contributed by atoms with Gasteiger partial charge in [0.1, 0.15) is 0 Å². The van der Waals surface area contributed by atoms with Gasteiger partial charge in [-0.2, -0.15) is 0 Å². The number of aryl methyl sites for hydroxylation is 1. The Bertz CT molecular complexity index is 564. The first kappa shape index (κ1) is 15.2. The zero-order chi connectivity index (χ0) is 14.5. The molecule has 2 nitrogen and oxygen atoms in total. The Hall–Kier alpha value is -1.16. The van der Waals surface area contributed by atoms with Gasteiger partial charge in [-0.3, -0.25) is 4.90 Å². The topological polar surface area (TPSA) is 29.3 Å². The molecule has 2 N–H and O–H groups in total. The summed E-state index contributed by atoms with van der Waals surface area (Å²) in [6, 6.07) is 15.1. The molecule has 0 saturated carbocycles. The number of halogens is 1. The van der Waals surface area contributed by atoms with Gasteiger partial charge in [0.2, 0.25) is 0 Å². The predicted octanol–water partition coefficient (Wildman–Crippen LogP) is 3.85. The molecule has 0 aromatic heterocycles. The van der Waals surface area contributed by atoms with Gasteiger partial charge >= 0.3 is 0 Å². The number of nitrogens with zero attached hydrogens (tertiary/aromatic N) is 1. The summed E-state index contributed by atoms with van der Waals surface area (Å²) in [5.41, 5.74) is 10.7. The van der Waals surface area contributed by atoms with Crippen molar-refractivity contribution in [3.8, 4) is 0 Å². The van der Waals surface area contributed by atoms with E-state index in [0.29, 0.717) is 6.54 Å². The van der Waals surface area contributed by atoms with Gasteiger partial charge in [0.25, 0.3) is 0 Å². The van der Waals surface area contributed by atoms with Gasteiger partial charge in [-0.05, 0) is 36.7 Å². The maximum Gasteiger partial charge on any atom is 0.0245 e. The van der Waals surface area contributed by atoms with Crippen LogP contribution in [0.15, 0.2) is 46.9 Å². The van der Waals surface area contributed by atoms with Crippen molar-refractivity contribution in [2.75, 3.05) is 7.05 Å². The number of benzene rings is 2. The third kappa shape index (κ3) is 4.17. The molecule has 2 rings (SSSR count). The first-order valence-corrected chi connectivity index (χ1v) is 7.59. The van der Waals surface area contributed by atoms with Crippen LogP contribution in [0.1, 0.15) is 22.3 Å². The van der Waals surface area contributed by atoms with E-state index in [1.807, 2.05) is 0 Å². The molecule has 0 fully saturated rings. The van der Waals surface area contributed by atoms with Crippen molar-refractivity contribution in [2.45, 2.75) is 26.6 Å². The summed E-state index contributed by atoms with van der Waals surface area (Å²) < 4.78 is 1.14. The van der Waals surface area contributed by atoms with E-state index in [2.05, 4.69) is 77.3 Å². The summed E-state index contributed by atoms with van der Waals surface area (Å²) in [5, 5.41) is 0. The average Bonchev–Trinajstić information content (AvgIpc) is 2.43. The standard InChI is InChI=1S/C17H21BrN2/c1-13-3-5-14(6-4-13)11-20(2)12-16-8-7-15(10-19)9-17(16)18/h3-9H,10-12,19H2,1-2H3. The molecule has 0 aliphatic carbocycles. The molecule has 0 saturated heterocycles. The zero-order valence-corrected chi connectivity index (χ0v) is 13.7. The minimum atomic E-state index is 0.581. The molecule has 0 unspecified atom stereocenters. The number of hydrogen-bond acceptors (Lipinski definition) is 2. The SMILES string of the molecule is Cc1ccc(CN(C)Cc2ccc(CN)cc2Br)cc1. The maximum absolute atomic E-state index is 5.65. The first-order chi connectivity index (χ1) is 9.58. The quantitative estimate of drug-likeness (QED) is 0.901. The van der Waals surface area contributed by atoms with E-state index >= 15 is 0 Å². The summed E-state index contributed by atoms with van der Waals surface area (Å²) in [4.78, 5) is 2.31. The Morgan fingerprint density at radius 3 is 2.25 bits per heavy atom. The van der Waals surface area contributed by atoms with Crippen molar-refractivity contribution in [1.29, 1.82) is 0 Å². The number of rotatable bonds is 5. The van der Waals surface area contributed by atoms with E-state index < -0.39 is 0 Å². The van der Waals surface area contributed by atoms with Crippen LogP contribution in [0.5, 0.6) is 0 Å². The van der Waals surface area contributed by atoms with Crippen LogP contribution in [0.2, 0.25) is 0 Å². The summed E-state index contributed by atoms with van der Waals surface area (Å²) in [5.74, 6) is 0. The Morgan fingerprint density at radius 1 is 1.00 bits per heavy atom. The van der Waals surface area contributed by atoms with Gasteiger partial charge in [-0.15, -0.1) is 0 Å². The van der Waals surface area contributed by atoms with Gasteiger partial charge in [-0.25, -0.2) is 0 Å². The van der Waals surface area contributed by atoms with Crippen LogP contribution >= 0.6 is 15.9 Å². The molecule has 0 heterocycles. The lowest BCUT2D eigenvalue weighted by molar-refractivity contribution is 0.318. The van der Waals surface area contributed by atoms with Crippen molar-refractivity contribution in [3.05, 3.63) is 69.2 Å². The summed E-state index contributed by atoms with van der Waals surface area (Å²) in [6.07, 6.45) is 0. The molecular weight excluding hydrogens is 312 g/mol. The lowest BCUT2D eigenvalue weighted by Gasteiger charge is -2.18. The molecule has 20 heavy (non-hydrogen) atoms. The zero-order valence-electron chi connectivity index (χ0n) is 12.1. The Morgan fingerprint density at radius 2 is 1.65 bits per heavy atom. The van der Waals surface area contributed by atoms with Crippen LogP contribution in [0, 0.1) is 6.92 Å². The fourth-order valence-corrected chi connectivity index (χ4v) is 2.75. The molecule has 2 aromatic rings. The lowest BCUT2D eigenvalue weighted by Crippen LogP contribution is -2.17. The smallest absolute Gasteiger partial charge is 0.0245 e. The molecule has 0 bridgehead atoms. The fourth-order valence-electron chi connectivity index (χ4n) is 2.20. The average molecular weight is 333 g/mol. The van der Waals surface area contributed by atoms with E-state index in [4.69, 9.17) is 5.73 Å². The highest BCUT2D eigenvalue weighted by Crippen LogP contribution is 2.20. The Balaban J connectivity index is 2.00. The van der Waals surface area contributed by atoms with E-state index in [0.717, 1.165) is 23.1 Å². The van der Waals surface area contributed by atoms with Gasteiger partial charge in [0.15, 0.2) is 0 Å². The second-order valence-electron chi connectivity index (χ2n) is 5.29. The van der Waals surface area contributed by atoms with Crippen LogP contribution < -0.4 is 5.73 Å². The van der Waals surface area contributed by atoms with Crippen molar-refractivity contribution >= 4 is 15.9 Å². The van der Waals surface area contributed by atoms with E-state index in [-0.39, 0.29) is 0 Å². The molecular formula is C17H21BrN2. The number of hydrogen-bond donors (Lipinski definition) is 1. The van der Waals surface area contributed by atoms with Gasteiger partial charge < -0.3 is 5.73 Å². The molecule has 0 aliphatic heterocycles. The summed E-state index contributed by atoms with van der Waals surface area (Å²) in [7, 11) is 2.14. The monoisotopic (exact) mass is 332 g/mol. The summed E-state index contributed by atoms with van der Waals surface area (Å²) >= 11 is 3.63. The number of nitrogens with two attached hydrogens (primary N) is 1. The van der Waals surface area contributed by atoms with Crippen molar-refractivity contribution < 1.29 is 0 Å². The van der Waals surface area contributed by atoms with E-state index in [1.165, 1.54) is 16.7 Å². The molecule has 0 radical (unpaired) electrons. The van der Waals surface area contributed by atoms with Crippen LogP contribution in [0.25, 0.3) is 0 Å². The van der Waals surface area contributed by atoms with Gasteiger partial charge in [-0.1, -0.05) is 57.9 Å². The minimum absolute atomic E-state index is 0.581. The van der Waals surface area contributed by atoms with Crippen molar-refractivity contribution in [3.63, 3.8) is 0 Å². The minimum Gasteiger partial charge on any atom is -0.326 e. The Kier molecular flexibility index (Phi) is 5.35. The first-order valence-electron chi connectivity index (χ1n) is 6.80. The largest absolute Gasteiger partial charge is 0.326 e. The molecule has 106 valence electrons. The van der Waals surface area contributed by atoms with E-state index in [9.17, 15) is 0 Å². The predicted molar refractivity (Wildman–Crippen MR) is 88.4 cm³/mol. The molecule has 0 aliphatic rings. The van der Waals surface area contributed by atoms with Crippen LogP contribution in [0.4, 0.5) is 0 Å². The second-order valence-corrected chi connectivity index (χ2v) is 6.14. The summed E-state index contributed by atoms with van der Waals surface area (Å²) in [6.45, 7) is 4.56. The van der Waals surface area contributed by atoms with Crippen molar-refractivity contribution in [2.24, 2.45) is 5.73 Å². The normalized spacial score (nSPS) is 11.1.